The summed E-state index contributed by atoms with van der Waals surface area (Å²) in [6.45, 7) is 6.68. The molecule has 2 fully saturated rings. The van der Waals surface area contributed by atoms with Gasteiger partial charge in [-0.3, -0.25) is 4.79 Å². The number of rotatable bonds is 1. The van der Waals surface area contributed by atoms with Crippen molar-refractivity contribution >= 4 is 5.97 Å². The van der Waals surface area contributed by atoms with Gasteiger partial charge in [0.15, 0.2) is 11.5 Å². The molecule has 0 radical (unpaired) electrons. The van der Waals surface area contributed by atoms with Gasteiger partial charge >= 0.3 is 5.97 Å². The van der Waals surface area contributed by atoms with Gasteiger partial charge in [-0.05, 0) is 43.1 Å². The molecule has 2 N–H and O–H groups in total. The average molecular weight is 330 g/mol. The normalized spacial score (nSPS) is 34.5. The fourth-order valence-corrected chi connectivity index (χ4v) is 5.66. The zero-order chi connectivity index (χ0) is 17.3. The summed E-state index contributed by atoms with van der Waals surface area (Å²) in [4.78, 5) is 12.9. The third kappa shape index (κ3) is 1.77. The van der Waals surface area contributed by atoms with Crippen LogP contribution in [0.15, 0.2) is 6.07 Å². The smallest absolute Gasteiger partial charge is 0.317 e. The Bertz CT molecular complexity index is 723. The van der Waals surface area contributed by atoms with Crippen molar-refractivity contribution in [3.63, 3.8) is 0 Å². The minimum atomic E-state index is -0.782. The van der Waals surface area contributed by atoms with Gasteiger partial charge in [-0.25, -0.2) is 0 Å². The molecule has 4 rings (SSSR count). The number of carbonyl (C=O) groups is 1. The number of fused-ring (bicyclic) bond motifs is 1. The summed E-state index contributed by atoms with van der Waals surface area (Å²) >= 11 is 0. The molecular weight excluding hydrogens is 304 g/mol. The predicted molar refractivity (Wildman–Crippen MR) is 90.3 cm³/mol. The van der Waals surface area contributed by atoms with Crippen LogP contribution in [0.5, 0.6) is 11.5 Å². The van der Waals surface area contributed by atoms with Crippen LogP contribution in [0, 0.1) is 11.3 Å². The summed E-state index contributed by atoms with van der Waals surface area (Å²) < 4.78 is 5.61. The molecular formula is C20H26O4. The highest BCUT2D eigenvalue weighted by atomic mass is 16.5. The lowest BCUT2D eigenvalue weighted by Gasteiger charge is -2.58. The summed E-state index contributed by atoms with van der Waals surface area (Å²) in [7, 11) is 0. The average Bonchev–Trinajstić information content (AvgIpc) is 2.54. The highest BCUT2D eigenvalue weighted by Crippen LogP contribution is 2.63. The van der Waals surface area contributed by atoms with Gasteiger partial charge in [-0.1, -0.05) is 33.3 Å². The fourth-order valence-electron chi connectivity index (χ4n) is 5.66. The topological polar surface area (TPSA) is 66.8 Å². The SMILES string of the molecule is CC(C)c1cc2c(c(O)c1O)[C@]13CCC[C@](C)(COC1=O)[C@@H]3CC2. The Kier molecular flexibility index (Phi) is 3.23. The van der Waals surface area contributed by atoms with Crippen LogP contribution < -0.4 is 0 Å². The third-order valence-electron chi connectivity index (χ3n) is 6.81. The first-order valence-corrected chi connectivity index (χ1v) is 9.06. The molecule has 4 heteroatoms. The van der Waals surface area contributed by atoms with Crippen molar-refractivity contribution in [2.45, 2.75) is 64.2 Å². The summed E-state index contributed by atoms with van der Waals surface area (Å²) in [6, 6.07) is 1.99. The zero-order valence-corrected chi connectivity index (χ0v) is 14.7. The first-order valence-electron chi connectivity index (χ1n) is 9.06. The van der Waals surface area contributed by atoms with E-state index in [0.29, 0.717) is 18.6 Å². The second-order valence-corrected chi connectivity index (χ2v) is 8.50. The maximum atomic E-state index is 12.9. The Hall–Kier alpha value is -1.71. The van der Waals surface area contributed by atoms with Crippen LogP contribution in [0.25, 0.3) is 0 Å². The van der Waals surface area contributed by atoms with Crippen LogP contribution in [0.3, 0.4) is 0 Å². The first-order chi connectivity index (χ1) is 11.3. The van der Waals surface area contributed by atoms with Crippen LogP contribution in [-0.4, -0.2) is 22.8 Å². The van der Waals surface area contributed by atoms with E-state index in [1.165, 1.54) is 0 Å². The van der Waals surface area contributed by atoms with Gasteiger partial charge in [0.25, 0.3) is 0 Å². The number of hydrogen-bond donors (Lipinski definition) is 2. The summed E-state index contributed by atoms with van der Waals surface area (Å²) in [5.74, 6) is -0.0694. The minimum absolute atomic E-state index is 0.0252. The monoisotopic (exact) mass is 330 g/mol. The number of phenols is 2. The van der Waals surface area contributed by atoms with Crippen molar-refractivity contribution in [3.8, 4) is 11.5 Å². The molecule has 24 heavy (non-hydrogen) atoms. The lowest BCUT2D eigenvalue weighted by Crippen LogP contribution is -2.61. The Morgan fingerprint density at radius 3 is 2.71 bits per heavy atom. The first kappa shape index (κ1) is 15.8. The standard InChI is InChI=1S/C20H26O4/c1-11(2)13-9-12-5-6-14-19(3)7-4-8-20(14,18(23)24-10-19)15(12)17(22)16(13)21/h9,11,14,21-22H,4-8,10H2,1-3H3/t14-,19+,20+/m0/s1. The van der Waals surface area contributed by atoms with E-state index in [-0.39, 0.29) is 34.7 Å². The van der Waals surface area contributed by atoms with Gasteiger partial charge in [0.05, 0.1) is 6.61 Å². The molecule has 130 valence electrons. The van der Waals surface area contributed by atoms with Gasteiger partial charge in [0, 0.05) is 16.5 Å². The molecule has 0 unspecified atom stereocenters. The Balaban J connectivity index is 1.99. The second-order valence-electron chi connectivity index (χ2n) is 8.50. The summed E-state index contributed by atoms with van der Waals surface area (Å²) in [5.41, 5.74) is 1.60. The quantitative estimate of drug-likeness (QED) is 0.607. The van der Waals surface area contributed by atoms with E-state index >= 15 is 0 Å². The number of ether oxygens (including phenoxy) is 1. The molecule has 0 aromatic heterocycles. The zero-order valence-electron chi connectivity index (χ0n) is 14.7. The minimum Gasteiger partial charge on any atom is -0.504 e. The van der Waals surface area contributed by atoms with Crippen molar-refractivity contribution in [1.82, 2.24) is 0 Å². The Labute approximate surface area is 142 Å². The van der Waals surface area contributed by atoms with E-state index in [2.05, 4.69) is 6.92 Å². The molecule has 0 amide bonds. The number of esters is 1. The lowest BCUT2D eigenvalue weighted by atomic mass is 9.48. The summed E-state index contributed by atoms with van der Waals surface area (Å²) in [6.07, 6.45) is 4.50. The van der Waals surface area contributed by atoms with E-state index in [1.54, 1.807) is 0 Å². The van der Waals surface area contributed by atoms with E-state index in [0.717, 1.165) is 36.8 Å². The van der Waals surface area contributed by atoms with Gasteiger partial charge in [0.2, 0.25) is 0 Å². The molecule has 4 nitrogen and oxygen atoms in total. The van der Waals surface area contributed by atoms with Crippen molar-refractivity contribution in [3.05, 3.63) is 22.8 Å². The van der Waals surface area contributed by atoms with E-state index in [4.69, 9.17) is 4.74 Å². The van der Waals surface area contributed by atoms with Gasteiger partial charge < -0.3 is 14.9 Å². The maximum absolute atomic E-state index is 12.9. The number of cyclic esters (lactones) is 1. The molecule has 1 saturated heterocycles. The van der Waals surface area contributed by atoms with Crippen molar-refractivity contribution in [1.29, 1.82) is 0 Å². The van der Waals surface area contributed by atoms with E-state index in [9.17, 15) is 15.0 Å². The van der Waals surface area contributed by atoms with Crippen LogP contribution >= 0.6 is 0 Å². The number of aryl methyl sites for hydroxylation is 1. The Morgan fingerprint density at radius 2 is 2.00 bits per heavy atom. The maximum Gasteiger partial charge on any atom is 0.317 e. The van der Waals surface area contributed by atoms with E-state index in [1.807, 2.05) is 19.9 Å². The fraction of sp³-hybridized carbons (Fsp3) is 0.650. The van der Waals surface area contributed by atoms with E-state index < -0.39 is 5.41 Å². The number of benzene rings is 1. The van der Waals surface area contributed by atoms with Crippen molar-refractivity contribution in [2.24, 2.45) is 11.3 Å². The summed E-state index contributed by atoms with van der Waals surface area (Å²) in [5, 5.41) is 21.4. The van der Waals surface area contributed by atoms with Crippen LogP contribution in [0.4, 0.5) is 0 Å². The molecule has 1 heterocycles. The highest BCUT2D eigenvalue weighted by Gasteiger charge is 2.63. The van der Waals surface area contributed by atoms with Crippen LogP contribution in [0.2, 0.25) is 0 Å². The van der Waals surface area contributed by atoms with Gasteiger partial charge in [-0.2, -0.15) is 0 Å². The van der Waals surface area contributed by atoms with Crippen molar-refractivity contribution in [2.75, 3.05) is 6.61 Å². The molecule has 1 aliphatic heterocycles. The molecule has 1 saturated carbocycles. The highest BCUT2D eigenvalue weighted by molar-refractivity contribution is 5.88. The number of aromatic hydroxyl groups is 2. The molecule has 2 bridgehead atoms. The van der Waals surface area contributed by atoms with Crippen molar-refractivity contribution < 1.29 is 19.7 Å². The van der Waals surface area contributed by atoms with Gasteiger partial charge in [0.1, 0.15) is 5.41 Å². The molecule has 2 aliphatic carbocycles. The molecule has 0 spiro atoms. The molecule has 3 aliphatic rings. The largest absolute Gasteiger partial charge is 0.504 e. The third-order valence-corrected chi connectivity index (χ3v) is 6.81. The molecule has 1 aromatic carbocycles. The van der Waals surface area contributed by atoms with Gasteiger partial charge in [-0.15, -0.1) is 0 Å². The van der Waals surface area contributed by atoms with Crippen LogP contribution in [0.1, 0.15) is 69.1 Å². The predicted octanol–water partition coefficient (Wildman–Crippen LogP) is 3.77. The molecule has 3 atom stereocenters. The Morgan fingerprint density at radius 1 is 1.25 bits per heavy atom. The number of phenolic OH excluding ortho intramolecular Hbond substituents is 2. The lowest BCUT2D eigenvalue weighted by molar-refractivity contribution is -0.183. The second kappa shape index (κ2) is 4.90. The molecule has 1 aromatic rings. The number of carbonyl (C=O) groups excluding carboxylic acids is 1. The van der Waals surface area contributed by atoms with Crippen LogP contribution in [-0.2, 0) is 21.4 Å². The number of hydrogen-bond acceptors (Lipinski definition) is 4.